The third kappa shape index (κ3) is 4.57. The van der Waals surface area contributed by atoms with Gasteiger partial charge in [0.25, 0.3) is 5.91 Å². The summed E-state index contributed by atoms with van der Waals surface area (Å²) in [6.07, 6.45) is 2.01. The van der Waals surface area contributed by atoms with Gasteiger partial charge in [0.2, 0.25) is 0 Å². The summed E-state index contributed by atoms with van der Waals surface area (Å²) in [6.45, 7) is 1.91. The van der Waals surface area contributed by atoms with Crippen LogP contribution in [0.2, 0.25) is 5.02 Å². The van der Waals surface area contributed by atoms with E-state index in [9.17, 15) is 4.79 Å². The topological polar surface area (TPSA) is 62.2 Å². The number of nitrogens with one attached hydrogen (secondary N) is 1. The number of rotatable bonds is 3. The van der Waals surface area contributed by atoms with Crippen molar-refractivity contribution < 1.29 is 9.90 Å². The van der Waals surface area contributed by atoms with E-state index in [2.05, 4.69) is 22.1 Å². The molecule has 0 aliphatic carbocycles. The molecule has 0 saturated carbocycles. The largest absolute Gasteiger partial charge is 0.395 e. The number of aromatic nitrogens is 1. The number of thiazole rings is 1. The zero-order valence-electron chi connectivity index (χ0n) is 11.3. The van der Waals surface area contributed by atoms with Crippen molar-refractivity contribution in [2.75, 3.05) is 11.9 Å². The number of anilines is 1. The van der Waals surface area contributed by atoms with E-state index in [0.29, 0.717) is 22.1 Å². The quantitative estimate of drug-likeness (QED) is 0.854. The molecule has 0 atom stereocenters. The van der Waals surface area contributed by atoms with Crippen LogP contribution in [0.4, 0.5) is 5.13 Å². The number of hydrogen-bond acceptors (Lipinski definition) is 4. The summed E-state index contributed by atoms with van der Waals surface area (Å²) in [5, 5.41) is 12.4. The zero-order valence-corrected chi connectivity index (χ0v) is 12.9. The van der Waals surface area contributed by atoms with E-state index in [-0.39, 0.29) is 12.5 Å². The number of hydrogen-bond donors (Lipinski definition) is 2. The fourth-order valence-corrected chi connectivity index (χ4v) is 2.61. The third-order valence-corrected chi connectivity index (χ3v) is 3.53. The maximum atomic E-state index is 12.1. The van der Waals surface area contributed by atoms with Gasteiger partial charge in [-0.1, -0.05) is 34.8 Å². The molecule has 0 saturated heterocycles. The van der Waals surface area contributed by atoms with Crippen LogP contribution in [0.1, 0.15) is 27.2 Å². The number of nitrogens with zero attached hydrogens (tertiary/aromatic N) is 1. The average molecular weight is 321 g/mol. The molecule has 1 aromatic heterocycles. The van der Waals surface area contributed by atoms with Gasteiger partial charge in [-0.25, -0.2) is 4.98 Å². The van der Waals surface area contributed by atoms with E-state index in [1.807, 2.05) is 6.92 Å². The molecule has 0 fully saturated rings. The number of aryl methyl sites for hydroxylation is 1. The highest BCUT2D eigenvalue weighted by Gasteiger charge is 2.10. The van der Waals surface area contributed by atoms with Crippen LogP contribution >= 0.6 is 22.9 Å². The standard InChI is InChI=1S/C15H13ClN2O2S/c1-10-6-11(8-12(16)7-10)14(20)18-15-17-9-13(21-15)4-2-3-5-19/h6-9,19H,3,5H2,1H3,(H,17,18,20). The molecule has 4 nitrogen and oxygen atoms in total. The molecular formula is C15H13ClN2O2S. The lowest BCUT2D eigenvalue weighted by Gasteiger charge is -2.03. The Morgan fingerprint density at radius 2 is 2.29 bits per heavy atom. The molecule has 0 bridgehead atoms. The summed E-state index contributed by atoms with van der Waals surface area (Å²) in [5.41, 5.74) is 1.41. The van der Waals surface area contributed by atoms with Gasteiger partial charge >= 0.3 is 0 Å². The first-order valence-electron chi connectivity index (χ1n) is 6.22. The van der Waals surface area contributed by atoms with E-state index in [0.717, 1.165) is 10.4 Å². The summed E-state index contributed by atoms with van der Waals surface area (Å²) >= 11 is 7.22. The van der Waals surface area contributed by atoms with Crippen LogP contribution in [0.5, 0.6) is 0 Å². The molecule has 108 valence electrons. The van der Waals surface area contributed by atoms with Crippen LogP contribution < -0.4 is 5.32 Å². The number of carbonyl (C=O) groups excluding carboxylic acids is 1. The minimum absolute atomic E-state index is 0.0313. The van der Waals surface area contributed by atoms with Crippen molar-refractivity contribution in [1.29, 1.82) is 0 Å². The van der Waals surface area contributed by atoms with Gasteiger partial charge in [-0.2, -0.15) is 0 Å². The Morgan fingerprint density at radius 3 is 3.00 bits per heavy atom. The fraction of sp³-hybridized carbons (Fsp3) is 0.200. The van der Waals surface area contributed by atoms with Crippen molar-refractivity contribution >= 4 is 34.0 Å². The van der Waals surface area contributed by atoms with Crippen LogP contribution in [-0.2, 0) is 0 Å². The molecule has 0 aliphatic rings. The second-order valence-electron chi connectivity index (χ2n) is 4.28. The summed E-state index contributed by atoms with van der Waals surface area (Å²) in [5.74, 6) is 5.42. The lowest BCUT2D eigenvalue weighted by atomic mass is 10.1. The summed E-state index contributed by atoms with van der Waals surface area (Å²) < 4.78 is 0. The van der Waals surface area contributed by atoms with Crippen molar-refractivity contribution in [3.8, 4) is 11.8 Å². The maximum absolute atomic E-state index is 12.1. The Labute approximate surface area is 131 Å². The minimum Gasteiger partial charge on any atom is -0.395 e. The van der Waals surface area contributed by atoms with Crippen LogP contribution in [0, 0.1) is 18.8 Å². The van der Waals surface area contributed by atoms with Crippen LogP contribution in [0.15, 0.2) is 24.4 Å². The third-order valence-electron chi connectivity index (χ3n) is 2.48. The minimum atomic E-state index is -0.259. The Morgan fingerprint density at radius 1 is 1.48 bits per heavy atom. The predicted octanol–water partition coefficient (Wildman–Crippen LogP) is 3.09. The molecule has 21 heavy (non-hydrogen) atoms. The molecule has 2 aromatic rings. The molecule has 6 heteroatoms. The van der Waals surface area contributed by atoms with Crippen molar-refractivity contribution in [2.24, 2.45) is 0 Å². The van der Waals surface area contributed by atoms with Crippen LogP contribution in [0.3, 0.4) is 0 Å². The number of amides is 1. The van der Waals surface area contributed by atoms with Crippen molar-refractivity contribution in [3.63, 3.8) is 0 Å². The van der Waals surface area contributed by atoms with Gasteiger partial charge in [-0.3, -0.25) is 10.1 Å². The number of benzene rings is 1. The maximum Gasteiger partial charge on any atom is 0.257 e. The highest BCUT2D eigenvalue weighted by Crippen LogP contribution is 2.19. The van der Waals surface area contributed by atoms with Crippen molar-refractivity contribution in [2.45, 2.75) is 13.3 Å². The second kappa shape index (κ2) is 7.23. The predicted molar refractivity (Wildman–Crippen MR) is 84.8 cm³/mol. The molecule has 2 N–H and O–H groups in total. The first-order valence-corrected chi connectivity index (χ1v) is 7.42. The summed E-state index contributed by atoms with van der Waals surface area (Å²) in [7, 11) is 0. The highest BCUT2D eigenvalue weighted by molar-refractivity contribution is 7.16. The average Bonchev–Trinajstić information content (AvgIpc) is 2.85. The van der Waals surface area contributed by atoms with Gasteiger partial charge in [0, 0.05) is 17.0 Å². The first kappa shape index (κ1) is 15.5. The summed E-state index contributed by atoms with van der Waals surface area (Å²) in [4.78, 5) is 16.9. The molecule has 0 spiro atoms. The molecule has 0 aliphatic heterocycles. The van der Waals surface area contributed by atoms with Gasteiger partial charge < -0.3 is 5.11 Å². The lowest BCUT2D eigenvalue weighted by Crippen LogP contribution is -2.11. The zero-order chi connectivity index (χ0) is 15.2. The Balaban J connectivity index is 2.08. The monoisotopic (exact) mass is 320 g/mol. The number of carbonyl (C=O) groups is 1. The van der Waals surface area contributed by atoms with Gasteiger partial charge in [0.05, 0.1) is 17.7 Å². The van der Waals surface area contributed by atoms with E-state index in [1.165, 1.54) is 11.3 Å². The number of aliphatic hydroxyl groups is 1. The fourth-order valence-electron chi connectivity index (χ4n) is 1.63. The molecule has 0 radical (unpaired) electrons. The van der Waals surface area contributed by atoms with E-state index >= 15 is 0 Å². The normalized spacial score (nSPS) is 9.86. The van der Waals surface area contributed by atoms with Gasteiger partial charge in [-0.05, 0) is 30.7 Å². The molecular weight excluding hydrogens is 308 g/mol. The van der Waals surface area contributed by atoms with Gasteiger partial charge in [0.15, 0.2) is 5.13 Å². The van der Waals surface area contributed by atoms with E-state index in [1.54, 1.807) is 24.4 Å². The van der Waals surface area contributed by atoms with Gasteiger partial charge in [0.1, 0.15) is 0 Å². The van der Waals surface area contributed by atoms with Crippen LogP contribution in [0.25, 0.3) is 0 Å². The Hall–Kier alpha value is -1.87. The lowest BCUT2D eigenvalue weighted by molar-refractivity contribution is 0.102. The van der Waals surface area contributed by atoms with E-state index in [4.69, 9.17) is 16.7 Å². The molecule has 1 heterocycles. The highest BCUT2D eigenvalue weighted by atomic mass is 35.5. The molecule has 1 amide bonds. The Bertz CT molecular complexity index is 696. The SMILES string of the molecule is Cc1cc(Cl)cc(C(=O)Nc2ncc(C#CCCO)s2)c1. The van der Waals surface area contributed by atoms with Crippen molar-refractivity contribution in [1.82, 2.24) is 4.98 Å². The molecule has 1 aromatic carbocycles. The number of halogens is 1. The molecule has 0 unspecified atom stereocenters. The van der Waals surface area contributed by atoms with Crippen molar-refractivity contribution in [3.05, 3.63) is 45.4 Å². The smallest absolute Gasteiger partial charge is 0.257 e. The first-order chi connectivity index (χ1) is 10.1. The number of aliphatic hydroxyl groups excluding tert-OH is 1. The Kier molecular flexibility index (Phi) is 5.34. The van der Waals surface area contributed by atoms with Gasteiger partial charge in [-0.15, -0.1) is 0 Å². The summed E-state index contributed by atoms with van der Waals surface area (Å²) in [6, 6.07) is 5.16. The second-order valence-corrected chi connectivity index (χ2v) is 5.74. The molecule has 2 rings (SSSR count). The van der Waals surface area contributed by atoms with E-state index < -0.39 is 0 Å². The van der Waals surface area contributed by atoms with Crippen LogP contribution in [-0.4, -0.2) is 22.6 Å².